The van der Waals surface area contributed by atoms with Crippen LogP contribution >= 0.6 is 0 Å². The van der Waals surface area contributed by atoms with E-state index in [0.29, 0.717) is 32.7 Å². The van der Waals surface area contributed by atoms with E-state index in [9.17, 15) is 14.4 Å². The van der Waals surface area contributed by atoms with Crippen LogP contribution in [0.3, 0.4) is 0 Å². The summed E-state index contributed by atoms with van der Waals surface area (Å²) in [6.07, 6.45) is 1.48. The van der Waals surface area contributed by atoms with Crippen LogP contribution in [0.1, 0.15) is 33.1 Å². The molecule has 1 aliphatic rings. The molecule has 2 rings (SSSR count). The predicted molar refractivity (Wildman–Crippen MR) is 105 cm³/mol. The van der Waals surface area contributed by atoms with Gasteiger partial charge in [-0.15, -0.1) is 0 Å². The van der Waals surface area contributed by atoms with E-state index in [0.717, 1.165) is 17.9 Å². The Hall–Kier alpha value is -2.77. The van der Waals surface area contributed by atoms with E-state index in [2.05, 4.69) is 10.6 Å². The largest absolute Gasteiger partial charge is 0.494 e. The zero-order valence-corrected chi connectivity index (χ0v) is 16.5. The van der Waals surface area contributed by atoms with Gasteiger partial charge < -0.3 is 25.0 Å². The van der Waals surface area contributed by atoms with Gasteiger partial charge in [0.25, 0.3) is 0 Å². The maximum atomic E-state index is 12.7. The van der Waals surface area contributed by atoms with Crippen molar-refractivity contribution in [2.75, 3.05) is 38.2 Å². The molecule has 28 heavy (non-hydrogen) atoms. The first-order valence-corrected chi connectivity index (χ1v) is 9.74. The summed E-state index contributed by atoms with van der Waals surface area (Å²) in [5, 5.41) is 5.76. The normalized spacial score (nSPS) is 16.3. The number of esters is 1. The van der Waals surface area contributed by atoms with Crippen molar-refractivity contribution in [3.63, 3.8) is 0 Å². The summed E-state index contributed by atoms with van der Waals surface area (Å²) in [6, 6.07) is 6.53. The van der Waals surface area contributed by atoms with Crippen LogP contribution in [-0.2, 0) is 19.1 Å². The number of rotatable bonds is 10. The van der Waals surface area contributed by atoms with Gasteiger partial charge in [-0.05, 0) is 25.0 Å². The number of carbonyl (C=O) groups excluding carboxylic acids is 3. The van der Waals surface area contributed by atoms with Gasteiger partial charge in [0, 0.05) is 24.8 Å². The van der Waals surface area contributed by atoms with Gasteiger partial charge in [0.2, 0.25) is 11.8 Å². The Morgan fingerprint density at radius 1 is 1.25 bits per heavy atom. The molecule has 1 aromatic rings. The van der Waals surface area contributed by atoms with Crippen LogP contribution in [0.5, 0.6) is 5.75 Å². The minimum absolute atomic E-state index is 0.0189. The minimum Gasteiger partial charge on any atom is -0.494 e. The molecule has 8 nitrogen and oxygen atoms in total. The first kappa shape index (κ1) is 21.5. The number of amides is 2. The maximum Gasteiger partial charge on any atom is 0.308 e. The van der Waals surface area contributed by atoms with Gasteiger partial charge in [0.05, 0.1) is 26.2 Å². The minimum atomic E-state index is -0.841. The Labute approximate surface area is 165 Å². The molecule has 0 aliphatic carbocycles. The smallest absolute Gasteiger partial charge is 0.308 e. The quantitative estimate of drug-likeness (QED) is 0.588. The van der Waals surface area contributed by atoms with Crippen molar-refractivity contribution >= 4 is 23.5 Å². The van der Waals surface area contributed by atoms with Crippen LogP contribution in [0.2, 0.25) is 0 Å². The molecule has 2 N–H and O–H groups in total. The van der Waals surface area contributed by atoms with Gasteiger partial charge >= 0.3 is 5.97 Å². The topological polar surface area (TPSA) is 97.0 Å². The number of carbonyl (C=O) groups is 3. The molecule has 154 valence electrons. The van der Waals surface area contributed by atoms with E-state index < -0.39 is 12.0 Å². The third kappa shape index (κ3) is 6.44. The van der Waals surface area contributed by atoms with Crippen molar-refractivity contribution in [2.45, 2.75) is 39.2 Å². The summed E-state index contributed by atoms with van der Waals surface area (Å²) < 4.78 is 10.6. The lowest BCUT2D eigenvalue weighted by molar-refractivity contribution is -0.151. The molecule has 1 atom stereocenters. The Morgan fingerprint density at radius 3 is 2.79 bits per heavy atom. The third-order valence-electron chi connectivity index (χ3n) is 4.23. The number of hydrogen-bond acceptors (Lipinski definition) is 6. The number of nitrogens with zero attached hydrogens (tertiary/aromatic N) is 1. The Kier molecular flexibility index (Phi) is 8.58. The molecular formula is C20H29N3O5. The molecule has 1 fully saturated rings. The van der Waals surface area contributed by atoms with E-state index >= 15 is 0 Å². The lowest BCUT2D eigenvalue weighted by Crippen LogP contribution is -2.58. The predicted octanol–water partition coefficient (Wildman–Crippen LogP) is 1.56. The molecule has 0 bridgehead atoms. The number of ether oxygens (including phenoxy) is 2. The number of piperazine rings is 1. The van der Waals surface area contributed by atoms with Crippen LogP contribution < -0.4 is 15.4 Å². The van der Waals surface area contributed by atoms with Crippen molar-refractivity contribution in [2.24, 2.45) is 0 Å². The van der Waals surface area contributed by atoms with Crippen LogP contribution in [0.25, 0.3) is 0 Å². The highest BCUT2D eigenvalue weighted by molar-refractivity contribution is 5.93. The van der Waals surface area contributed by atoms with Gasteiger partial charge in [0.15, 0.2) is 0 Å². The van der Waals surface area contributed by atoms with Crippen LogP contribution in [-0.4, -0.2) is 61.6 Å². The highest BCUT2D eigenvalue weighted by Gasteiger charge is 2.34. The van der Waals surface area contributed by atoms with Crippen LogP contribution in [0.15, 0.2) is 24.3 Å². The molecular weight excluding hydrogens is 362 g/mol. The van der Waals surface area contributed by atoms with Crippen molar-refractivity contribution in [1.82, 2.24) is 10.2 Å². The van der Waals surface area contributed by atoms with E-state index in [1.807, 2.05) is 38.1 Å². The molecule has 0 aromatic heterocycles. The molecule has 0 saturated carbocycles. The van der Waals surface area contributed by atoms with Crippen LogP contribution in [0.4, 0.5) is 5.69 Å². The summed E-state index contributed by atoms with van der Waals surface area (Å²) in [5.41, 5.74) is 0.752. The first-order valence-electron chi connectivity index (χ1n) is 9.74. The Bertz CT molecular complexity index is 680. The van der Waals surface area contributed by atoms with E-state index in [1.54, 1.807) is 0 Å². The van der Waals surface area contributed by atoms with Crippen molar-refractivity contribution in [1.29, 1.82) is 0 Å². The molecule has 0 radical (unpaired) electrons. The summed E-state index contributed by atoms with van der Waals surface area (Å²) in [5.74, 6) is -0.324. The second-order valence-electron chi connectivity index (χ2n) is 6.55. The van der Waals surface area contributed by atoms with Crippen molar-refractivity contribution < 1.29 is 23.9 Å². The Morgan fingerprint density at radius 2 is 2.04 bits per heavy atom. The molecule has 0 spiro atoms. The number of hydrogen-bond donors (Lipinski definition) is 2. The first-order chi connectivity index (χ1) is 13.5. The standard InChI is InChI=1S/C20H29N3O5/c1-3-10-27-16-7-5-6-15(12-16)22-14-18(24)23-9-8-21-20(26)17(23)13-19(25)28-11-4-2/h5-7,12,17,22H,3-4,8-11,13-14H2,1-2H3,(H,21,26). The number of benzene rings is 1. The monoisotopic (exact) mass is 391 g/mol. The summed E-state index contributed by atoms with van der Waals surface area (Å²) >= 11 is 0. The van der Waals surface area contributed by atoms with Gasteiger partial charge in [0.1, 0.15) is 11.8 Å². The van der Waals surface area contributed by atoms with Gasteiger partial charge in [-0.3, -0.25) is 14.4 Å². The maximum absolute atomic E-state index is 12.7. The fraction of sp³-hybridized carbons (Fsp3) is 0.550. The van der Waals surface area contributed by atoms with Crippen molar-refractivity contribution in [3.05, 3.63) is 24.3 Å². The molecule has 1 unspecified atom stereocenters. The number of nitrogens with one attached hydrogen (secondary N) is 2. The van der Waals surface area contributed by atoms with E-state index in [1.165, 1.54) is 4.90 Å². The van der Waals surface area contributed by atoms with Crippen molar-refractivity contribution in [3.8, 4) is 5.75 Å². The van der Waals surface area contributed by atoms with Gasteiger partial charge in [-0.2, -0.15) is 0 Å². The zero-order valence-electron chi connectivity index (χ0n) is 16.5. The average Bonchev–Trinajstić information content (AvgIpc) is 2.70. The van der Waals surface area contributed by atoms with E-state index in [4.69, 9.17) is 9.47 Å². The lowest BCUT2D eigenvalue weighted by Gasteiger charge is -2.34. The molecule has 1 aliphatic heterocycles. The summed E-state index contributed by atoms with van der Waals surface area (Å²) in [4.78, 5) is 38.2. The fourth-order valence-corrected chi connectivity index (χ4v) is 2.84. The Balaban J connectivity index is 1.94. The SMILES string of the molecule is CCCOC(=O)CC1C(=O)NCCN1C(=O)CNc1cccc(OCCC)c1. The molecule has 8 heteroatoms. The second-order valence-corrected chi connectivity index (χ2v) is 6.55. The molecule has 2 amide bonds. The number of anilines is 1. The molecule has 1 saturated heterocycles. The van der Waals surface area contributed by atoms with Gasteiger partial charge in [-0.25, -0.2) is 0 Å². The van der Waals surface area contributed by atoms with Crippen LogP contribution in [0, 0.1) is 0 Å². The lowest BCUT2D eigenvalue weighted by atomic mass is 10.1. The highest BCUT2D eigenvalue weighted by atomic mass is 16.5. The molecule has 1 heterocycles. The third-order valence-corrected chi connectivity index (χ3v) is 4.23. The fourth-order valence-electron chi connectivity index (χ4n) is 2.84. The zero-order chi connectivity index (χ0) is 20.4. The van der Waals surface area contributed by atoms with E-state index in [-0.39, 0.29) is 24.8 Å². The summed E-state index contributed by atoms with van der Waals surface area (Å²) in [6.45, 7) is 5.60. The summed E-state index contributed by atoms with van der Waals surface area (Å²) in [7, 11) is 0. The highest BCUT2D eigenvalue weighted by Crippen LogP contribution is 2.18. The average molecular weight is 391 g/mol. The second kappa shape index (κ2) is 11.2. The molecule has 1 aromatic carbocycles. The van der Waals surface area contributed by atoms with Gasteiger partial charge in [-0.1, -0.05) is 19.9 Å².